The molecule has 1 unspecified atom stereocenters. The largest absolute Gasteiger partial charge is 0.384 e. The minimum absolute atomic E-state index is 0.485. The van der Waals surface area contributed by atoms with Crippen LogP contribution in [0, 0.1) is 0 Å². The van der Waals surface area contributed by atoms with Gasteiger partial charge >= 0.3 is 0 Å². The molecule has 0 radical (unpaired) electrons. The van der Waals surface area contributed by atoms with Crippen molar-refractivity contribution < 1.29 is 5.11 Å². The quantitative estimate of drug-likeness (QED) is 0.823. The standard InChI is InChI=1S/C10H10Cl2OS/c11-8-3-1-2-7(9(8)12)10(13)4-5-14-6-10/h1-3,13H,4-6H2. The molecule has 1 heterocycles. The first-order valence-electron chi connectivity index (χ1n) is 4.38. The van der Waals surface area contributed by atoms with E-state index in [-0.39, 0.29) is 0 Å². The molecule has 76 valence electrons. The second kappa shape index (κ2) is 3.93. The first-order valence-corrected chi connectivity index (χ1v) is 6.29. The van der Waals surface area contributed by atoms with Crippen LogP contribution in [0.3, 0.4) is 0 Å². The van der Waals surface area contributed by atoms with Crippen molar-refractivity contribution in [1.29, 1.82) is 0 Å². The Kier molecular flexibility index (Phi) is 2.98. The topological polar surface area (TPSA) is 20.2 Å². The lowest BCUT2D eigenvalue weighted by Crippen LogP contribution is -2.25. The lowest BCUT2D eigenvalue weighted by atomic mass is 9.93. The molecule has 1 N–H and O–H groups in total. The molecule has 1 saturated heterocycles. The van der Waals surface area contributed by atoms with E-state index in [0.717, 1.165) is 17.7 Å². The fraction of sp³-hybridized carbons (Fsp3) is 0.400. The number of hydrogen-bond donors (Lipinski definition) is 1. The van der Waals surface area contributed by atoms with Crippen LogP contribution in [0.1, 0.15) is 12.0 Å². The maximum Gasteiger partial charge on any atom is 0.101 e. The molecule has 1 aliphatic rings. The van der Waals surface area contributed by atoms with E-state index >= 15 is 0 Å². The average Bonchev–Trinajstić information content (AvgIpc) is 2.58. The molecule has 0 amide bonds. The number of aliphatic hydroxyl groups is 1. The number of rotatable bonds is 1. The highest BCUT2D eigenvalue weighted by Gasteiger charge is 2.35. The molecular formula is C10H10Cl2OS. The third-order valence-corrected chi connectivity index (χ3v) is 4.45. The predicted molar refractivity (Wildman–Crippen MR) is 62.3 cm³/mol. The molecule has 4 heteroatoms. The minimum atomic E-state index is -0.785. The highest BCUT2D eigenvalue weighted by Crippen LogP contribution is 2.41. The summed E-state index contributed by atoms with van der Waals surface area (Å²) in [5.41, 5.74) is -0.0243. The SMILES string of the molecule is OC1(c2cccc(Cl)c2Cl)CCSC1. The Morgan fingerprint density at radius 2 is 2.14 bits per heavy atom. The van der Waals surface area contributed by atoms with Gasteiger partial charge in [-0.1, -0.05) is 35.3 Å². The third kappa shape index (κ3) is 1.76. The lowest BCUT2D eigenvalue weighted by molar-refractivity contribution is 0.0659. The monoisotopic (exact) mass is 248 g/mol. The van der Waals surface area contributed by atoms with Crippen molar-refractivity contribution in [2.24, 2.45) is 0 Å². The Balaban J connectivity index is 2.45. The van der Waals surface area contributed by atoms with Gasteiger partial charge in [0.1, 0.15) is 5.60 Å². The number of hydrogen-bond acceptors (Lipinski definition) is 2. The fourth-order valence-corrected chi connectivity index (χ4v) is 3.37. The van der Waals surface area contributed by atoms with Crippen molar-refractivity contribution in [3.8, 4) is 0 Å². The third-order valence-electron chi connectivity index (χ3n) is 2.45. The van der Waals surface area contributed by atoms with Crippen LogP contribution in [-0.2, 0) is 5.60 Å². The summed E-state index contributed by atoms with van der Waals surface area (Å²) in [5, 5.41) is 11.3. The van der Waals surface area contributed by atoms with Crippen molar-refractivity contribution in [3.05, 3.63) is 33.8 Å². The van der Waals surface area contributed by atoms with Gasteiger partial charge in [0.25, 0.3) is 0 Å². The molecule has 0 bridgehead atoms. The van der Waals surface area contributed by atoms with Gasteiger partial charge in [0.2, 0.25) is 0 Å². The van der Waals surface area contributed by atoms with Crippen molar-refractivity contribution >= 4 is 35.0 Å². The first kappa shape index (κ1) is 10.6. The summed E-state index contributed by atoms with van der Waals surface area (Å²) in [5.74, 6) is 1.67. The van der Waals surface area contributed by atoms with E-state index in [1.54, 1.807) is 17.8 Å². The molecule has 14 heavy (non-hydrogen) atoms. The van der Waals surface area contributed by atoms with Gasteiger partial charge in [-0.25, -0.2) is 0 Å². The molecule has 0 spiro atoms. The highest BCUT2D eigenvalue weighted by molar-refractivity contribution is 7.99. The van der Waals surface area contributed by atoms with E-state index in [9.17, 15) is 5.11 Å². The van der Waals surface area contributed by atoms with E-state index in [0.29, 0.717) is 15.8 Å². The molecule has 1 nitrogen and oxygen atoms in total. The second-order valence-electron chi connectivity index (χ2n) is 3.44. The summed E-state index contributed by atoms with van der Waals surface area (Å²) in [6, 6.07) is 5.41. The van der Waals surface area contributed by atoms with Crippen LogP contribution in [-0.4, -0.2) is 16.6 Å². The maximum atomic E-state index is 10.3. The van der Waals surface area contributed by atoms with Gasteiger partial charge in [-0.05, 0) is 18.2 Å². The molecule has 0 aromatic heterocycles. The summed E-state index contributed by atoms with van der Waals surface area (Å²) in [4.78, 5) is 0. The van der Waals surface area contributed by atoms with E-state index in [2.05, 4.69) is 0 Å². The minimum Gasteiger partial charge on any atom is -0.384 e. The zero-order valence-electron chi connectivity index (χ0n) is 7.46. The number of halogens is 2. The summed E-state index contributed by atoms with van der Waals surface area (Å²) in [7, 11) is 0. The van der Waals surface area contributed by atoms with Crippen LogP contribution in [0.5, 0.6) is 0 Å². The number of benzene rings is 1. The Labute approximate surface area is 97.4 Å². The molecular weight excluding hydrogens is 239 g/mol. The van der Waals surface area contributed by atoms with Gasteiger partial charge in [0.15, 0.2) is 0 Å². The zero-order chi connectivity index (χ0) is 10.2. The highest BCUT2D eigenvalue weighted by atomic mass is 35.5. The Morgan fingerprint density at radius 3 is 2.79 bits per heavy atom. The van der Waals surface area contributed by atoms with E-state index in [4.69, 9.17) is 23.2 Å². The molecule has 2 rings (SSSR count). The van der Waals surface area contributed by atoms with Crippen molar-refractivity contribution in [2.75, 3.05) is 11.5 Å². The average molecular weight is 249 g/mol. The van der Waals surface area contributed by atoms with E-state index < -0.39 is 5.60 Å². The summed E-state index contributed by atoms with van der Waals surface area (Å²) in [6.45, 7) is 0. The summed E-state index contributed by atoms with van der Waals surface area (Å²) in [6.07, 6.45) is 0.748. The van der Waals surface area contributed by atoms with Gasteiger partial charge in [-0.3, -0.25) is 0 Å². The molecule has 1 aromatic carbocycles. The summed E-state index contributed by atoms with van der Waals surface area (Å²) < 4.78 is 0. The van der Waals surface area contributed by atoms with Crippen LogP contribution in [0.2, 0.25) is 10.0 Å². The molecule has 1 fully saturated rings. The fourth-order valence-electron chi connectivity index (χ4n) is 1.63. The predicted octanol–water partition coefficient (Wildman–Crippen LogP) is 3.32. The normalized spacial score (nSPS) is 26.8. The molecule has 0 saturated carbocycles. The molecule has 1 aromatic rings. The Bertz CT molecular complexity index is 348. The van der Waals surface area contributed by atoms with Gasteiger partial charge < -0.3 is 5.11 Å². The summed E-state index contributed by atoms with van der Waals surface area (Å²) >= 11 is 13.7. The lowest BCUT2D eigenvalue weighted by Gasteiger charge is -2.23. The van der Waals surface area contributed by atoms with E-state index in [1.165, 1.54) is 0 Å². The van der Waals surface area contributed by atoms with Gasteiger partial charge in [0, 0.05) is 11.3 Å². The first-order chi connectivity index (χ1) is 6.63. The Hall–Kier alpha value is 0.110. The van der Waals surface area contributed by atoms with Crippen LogP contribution < -0.4 is 0 Å². The van der Waals surface area contributed by atoms with Crippen LogP contribution in [0.4, 0.5) is 0 Å². The molecule has 1 aliphatic heterocycles. The van der Waals surface area contributed by atoms with Crippen molar-refractivity contribution in [2.45, 2.75) is 12.0 Å². The maximum absolute atomic E-state index is 10.3. The van der Waals surface area contributed by atoms with Gasteiger partial charge in [-0.2, -0.15) is 11.8 Å². The molecule has 1 atom stereocenters. The van der Waals surface area contributed by atoms with Crippen molar-refractivity contribution in [1.82, 2.24) is 0 Å². The number of thioether (sulfide) groups is 1. The second-order valence-corrected chi connectivity index (χ2v) is 5.33. The van der Waals surface area contributed by atoms with Crippen LogP contribution in [0.25, 0.3) is 0 Å². The van der Waals surface area contributed by atoms with Gasteiger partial charge in [0.05, 0.1) is 10.0 Å². The zero-order valence-corrected chi connectivity index (χ0v) is 9.79. The van der Waals surface area contributed by atoms with Crippen LogP contribution >= 0.6 is 35.0 Å². The van der Waals surface area contributed by atoms with Crippen LogP contribution in [0.15, 0.2) is 18.2 Å². The Morgan fingerprint density at radius 1 is 1.36 bits per heavy atom. The molecule has 0 aliphatic carbocycles. The van der Waals surface area contributed by atoms with E-state index in [1.807, 2.05) is 12.1 Å². The smallest absolute Gasteiger partial charge is 0.101 e. The van der Waals surface area contributed by atoms with Crippen molar-refractivity contribution in [3.63, 3.8) is 0 Å². The van der Waals surface area contributed by atoms with Gasteiger partial charge in [-0.15, -0.1) is 0 Å².